The molecule has 0 spiro atoms. The Bertz CT molecular complexity index is 448. The molecule has 0 atom stereocenters. The standard InChI is InChI=1S/C14H20N2S2/c1-3-15-9-12-6-7-14(18-12)11-16(2)10-13-5-4-8-17-13/h4-8,15H,3,9-11H2,1-2H3. The maximum atomic E-state index is 3.37. The number of hydrogen-bond donors (Lipinski definition) is 1. The van der Waals surface area contributed by atoms with Crippen molar-refractivity contribution in [3.63, 3.8) is 0 Å². The molecule has 2 heterocycles. The Morgan fingerprint density at radius 2 is 1.89 bits per heavy atom. The number of hydrogen-bond acceptors (Lipinski definition) is 4. The molecule has 0 aliphatic rings. The van der Waals surface area contributed by atoms with Gasteiger partial charge in [0.25, 0.3) is 0 Å². The highest BCUT2D eigenvalue weighted by atomic mass is 32.1. The fourth-order valence-corrected chi connectivity index (χ4v) is 3.69. The SMILES string of the molecule is CCNCc1ccc(CN(C)Cc2cccs2)s1. The highest BCUT2D eigenvalue weighted by Crippen LogP contribution is 2.19. The first kappa shape index (κ1) is 13.7. The smallest absolute Gasteiger partial charge is 0.0328 e. The molecule has 0 saturated carbocycles. The summed E-state index contributed by atoms with van der Waals surface area (Å²) in [5.41, 5.74) is 0. The number of rotatable bonds is 7. The summed E-state index contributed by atoms with van der Waals surface area (Å²) in [5.74, 6) is 0. The van der Waals surface area contributed by atoms with E-state index in [4.69, 9.17) is 0 Å². The Hall–Kier alpha value is -0.680. The largest absolute Gasteiger partial charge is 0.312 e. The second-order valence-corrected chi connectivity index (χ2v) is 6.69. The average molecular weight is 280 g/mol. The van der Waals surface area contributed by atoms with Crippen molar-refractivity contribution in [3.05, 3.63) is 44.3 Å². The van der Waals surface area contributed by atoms with E-state index in [1.807, 2.05) is 22.7 Å². The molecule has 0 aliphatic heterocycles. The lowest BCUT2D eigenvalue weighted by molar-refractivity contribution is 0.325. The van der Waals surface area contributed by atoms with Gasteiger partial charge in [0.15, 0.2) is 0 Å². The van der Waals surface area contributed by atoms with Crippen LogP contribution in [0.15, 0.2) is 29.6 Å². The van der Waals surface area contributed by atoms with Crippen LogP contribution in [-0.2, 0) is 19.6 Å². The molecule has 0 unspecified atom stereocenters. The van der Waals surface area contributed by atoms with Crippen LogP contribution in [0, 0.1) is 0 Å². The van der Waals surface area contributed by atoms with Crippen molar-refractivity contribution in [1.29, 1.82) is 0 Å². The van der Waals surface area contributed by atoms with Gasteiger partial charge < -0.3 is 5.32 Å². The van der Waals surface area contributed by atoms with Gasteiger partial charge in [0.1, 0.15) is 0 Å². The molecule has 4 heteroatoms. The zero-order valence-corrected chi connectivity index (χ0v) is 12.6. The minimum absolute atomic E-state index is 0.996. The predicted molar refractivity (Wildman–Crippen MR) is 81.2 cm³/mol. The summed E-state index contributed by atoms with van der Waals surface area (Å²) >= 11 is 3.74. The van der Waals surface area contributed by atoms with Crippen LogP contribution >= 0.6 is 22.7 Å². The number of nitrogens with zero attached hydrogens (tertiary/aromatic N) is 1. The quantitative estimate of drug-likeness (QED) is 0.834. The summed E-state index contributed by atoms with van der Waals surface area (Å²) in [6.45, 7) is 6.25. The third kappa shape index (κ3) is 4.21. The van der Waals surface area contributed by atoms with E-state index in [2.05, 4.69) is 53.8 Å². The van der Waals surface area contributed by atoms with Crippen LogP contribution < -0.4 is 5.32 Å². The van der Waals surface area contributed by atoms with Gasteiger partial charge in [-0.1, -0.05) is 13.0 Å². The van der Waals surface area contributed by atoms with Crippen LogP contribution in [0.2, 0.25) is 0 Å². The zero-order chi connectivity index (χ0) is 12.8. The Morgan fingerprint density at radius 3 is 2.61 bits per heavy atom. The molecule has 0 saturated heterocycles. The van der Waals surface area contributed by atoms with Crippen molar-refractivity contribution in [1.82, 2.24) is 10.2 Å². The molecule has 0 radical (unpaired) electrons. The molecule has 1 N–H and O–H groups in total. The molecule has 2 nitrogen and oxygen atoms in total. The van der Waals surface area contributed by atoms with E-state index in [9.17, 15) is 0 Å². The fraction of sp³-hybridized carbons (Fsp3) is 0.429. The highest BCUT2D eigenvalue weighted by Gasteiger charge is 2.05. The van der Waals surface area contributed by atoms with E-state index >= 15 is 0 Å². The second kappa shape index (κ2) is 7.04. The molecule has 18 heavy (non-hydrogen) atoms. The maximum Gasteiger partial charge on any atom is 0.0328 e. The van der Waals surface area contributed by atoms with Crippen molar-refractivity contribution in [2.45, 2.75) is 26.6 Å². The molecule has 0 aromatic carbocycles. The van der Waals surface area contributed by atoms with Gasteiger partial charge in [-0.25, -0.2) is 0 Å². The molecular weight excluding hydrogens is 260 g/mol. The van der Waals surface area contributed by atoms with Crippen LogP contribution in [0.4, 0.5) is 0 Å². The number of thiophene rings is 2. The van der Waals surface area contributed by atoms with Gasteiger partial charge in [0.05, 0.1) is 0 Å². The van der Waals surface area contributed by atoms with E-state index in [0.29, 0.717) is 0 Å². The summed E-state index contributed by atoms with van der Waals surface area (Å²) in [6, 6.07) is 8.81. The zero-order valence-electron chi connectivity index (χ0n) is 11.0. The van der Waals surface area contributed by atoms with Crippen molar-refractivity contribution >= 4 is 22.7 Å². The highest BCUT2D eigenvalue weighted by molar-refractivity contribution is 7.12. The van der Waals surface area contributed by atoms with Crippen molar-refractivity contribution < 1.29 is 0 Å². The average Bonchev–Trinajstić information content (AvgIpc) is 2.98. The van der Waals surface area contributed by atoms with E-state index in [1.165, 1.54) is 14.6 Å². The fourth-order valence-electron chi connectivity index (χ4n) is 1.84. The lowest BCUT2D eigenvalue weighted by Crippen LogP contribution is -2.15. The normalized spacial score (nSPS) is 11.3. The predicted octanol–water partition coefficient (Wildman–Crippen LogP) is 3.55. The Balaban J connectivity index is 1.83. The summed E-state index contributed by atoms with van der Waals surface area (Å²) < 4.78 is 0. The van der Waals surface area contributed by atoms with Crippen LogP contribution in [-0.4, -0.2) is 18.5 Å². The Kier molecular flexibility index (Phi) is 5.38. The molecule has 0 bridgehead atoms. The minimum atomic E-state index is 0.996. The van der Waals surface area contributed by atoms with Gasteiger partial charge in [-0.3, -0.25) is 4.90 Å². The van der Waals surface area contributed by atoms with Crippen LogP contribution in [0.25, 0.3) is 0 Å². The molecule has 2 rings (SSSR count). The van der Waals surface area contributed by atoms with E-state index in [-0.39, 0.29) is 0 Å². The lowest BCUT2D eigenvalue weighted by atomic mass is 10.3. The molecule has 98 valence electrons. The van der Waals surface area contributed by atoms with Gasteiger partial charge >= 0.3 is 0 Å². The van der Waals surface area contributed by atoms with Gasteiger partial charge in [-0.2, -0.15) is 0 Å². The van der Waals surface area contributed by atoms with Gasteiger partial charge in [-0.05, 0) is 37.2 Å². The van der Waals surface area contributed by atoms with Crippen LogP contribution in [0.1, 0.15) is 21.6 Å². The van der Waals surface area contributed by atoms with E-state index < -0.39 is 0 Å². The topological polar surface area (TPSA) is 15.3 Å². The molecule has 0 aliphatic carbocycles. The third-order valence-electron chi connectivity index (χ3n) is 2.70. The van der Waals surface area contributed by atoms with Crippen molar-refractivity contribution in [3.8, 4) is 0 Å². The van der Waals surface area contributed by atoms with Crippen LogP contribution in [0.3, 0.4) is 0 Å². The van der Waals surface area contributed by atoms with Crippen molar-refractivity contribution in [2.24, 2.45) is 0 Å². The first-order valence-corrected chi connectivity index (χ1v) is 7.96. The minimum Gasteiger partial charge on any atom is -0.312 e. The summed E-state index contributed by atoms with van der Waals surface area (Å²) in [4.78, 5) is 6.68. The van der Waals surface area contributed by atoms with Gasteiger partial charge in [-0.15, -0.1) is 22.7 Å². The van der Waals surface area contributed by atoms with Crippen LogP contribution in [0.5, 0.6) is 0 Å². The molecular formula is C14H20N2S2. The monoisotopic (exact) mass is 280 g/mol. The summed E-state index contributed by atoms with van der Waals surface area (Å²) in [7, 11) is 2.18. The molecule has 0 fully saturated rings. The third-order valence-corrected chi connectivity index (χ3v) is 4.63. The summed E-state index contributed by atoms with van der Waals surface area (Å²) in [5, 5.41) is 5.51. The molecule has 2 aromatic rings. The van der Waals surface area contributed by atoms with Gasteiger partial charge in [0.2, 0.25) is 0 Å². The summed E-state index contributed by atoms with van der Waals surface area (Å²) in [6.07, 6.45) is 0. The van der Waals surface area contributed by atoms with E-state index in [1.54, 1.807) is 0 Å². The molecule has 0 amide bonds. The van der Waals surface area contributed by atoms with Crippen molar-refractivity contribution in [2.75, 3.05) is 13.6 Å². The first-order valence-electron chi connectivity index (χ1n) is 6.27. The first-order chi connectivity index (χ1) is 8.78. The van der Waals surface area contributed by atoms with E-state index in [0.717, 1.165) is 26.2 Å². The molecule has 2 aromatic heterocycles. The second-order valence-electron chi connectivity index (χ2n) is 4.40. The lowest BCUT2D eigenvalue weighted by Gasteiger charge is -2.14. The number of nitrogens with one attached hydrogen (secondary N) is 1. The van der Waals surface area contributed by atoms with Gasteiger partial charge in [0, 0.05) is 34.3 Å². The maximum absolute atomic E-state index is 3.37. The Morgan fingerprint density at radius 1 is 1.11 bits per heavy atom. The Labute approximate surface area is 117 Å².